The van der Waals surface area contributed by atoms with Gasteiger partial charge in [0.25, 0.3) is 0 Å². The highest BCUT2D eigenvalue weighted by Crippen LogP contribution is 2.21. The van der Waals surface area contributed by atoms with Crippen LogP contribution in [-0.4, -0.2) is 33.8 Å². The van der Waals surface area contributed by atoms with Crippen LogP contribution in [0.25, 0.3) is 5.69 Å². The minimum atomic E-state index is -0.462. The Hall–Kier alpha value is -2.28. The average molecular weight is 289 g/mol. The Balaban J connectivity index is 1.71. The number of hydrogen-bond acceptors (Lipinski definition) is 4. The average Bonchev–Trinajstić information content (AvgIpc) is 2.90. The molecule has 0 radical (unpaired) electrons. The Morgan fingerprint density at radius 3 is 2.90 bits per heavy atom. The summed E-state index contributed by atoms with van der Waals surface area (Å²) in [7, 11) is 0. The predicted octanol–water partition coefficient (Wildman–Crippen LogP) is 1.20. The first-order valence-corrected chi connectivity index (χ1v) is 6.81. The van der Waals surface area contributed by atoms with Gasteiger partial charge in [0.2, 0.25) is 5.91 Å². The lowest BCUT2D eigenvalue weighted by molar-refractivity contribution is -0.121. The van der Waals surface area contributed by atoms with Crippen molar-refractivity contribution in [2.24, 2.45) is 11.8 Å². The fourth-order valence-electron chi connectivity index (χ4n) is 2.24. The molecule has 1 amide bonds. The number of nitrogens with one attached hydrogen (secondary N) is 2. The topological polar surface area (TPSA) is 71.8 Å². The van der Waals surface area contributed by atoms with Gasteiger partial charge in [0.05, 0.1) is 0 Å². The summed E-state index contributed by atoms with van der Waals surface area (Å²) in [5.41, 5.74) is 0.738. The largest absolute Gasteiger partial charge is 0.326 e. The van der Waals surface area contributed by atoms with Gasteiger partial charge in [-0.05, 0) is 37.2 Å². The fraction of sp³-hybridized carbons (Fsp3) is 0.357. The molecule has 21 heavy (non-hydrogen) atoms. The summed E-state index contributed by atoms with van der Waals surface area (Å²) in [6.07, 6.45) is 2.76. The number of anilines is 1. The lowest BCUT2D eigenvalue weighted by Crippen LogP contribution is -2.48. The summed E-state index contributed by atoms with van der Waals surface area (Å²) < 4.78 is 15.4. The van der Waals surface area contributed by atoms with Crippen LogP contribution in [-0.2, 0) is 4.79 Å². The standard InChI is InChI=1S/C14H16FN5O/c1-9(10-5-16-6-10)14(21)19-11-2-3-13(12(15)4-11)20-8-17-7-18-20/h2-4,7-10,16H,5-6H2,1H3,(H,19,21). The van der Waals surface area contributed by atoms with Gasteiger partial charge in [0.1, 0.15) is 18.3 Å². The number of benzene rings is 1. The minimum Gasteiger partial charge on any atom is -0.326 e. The van der Waals surface area contributed by atoms with Crippen molar-refractivity contribution in [1.82, 2.24) is 20.1 Å². The molecule has 6 nitrogen and oxygen atoms in total. The molecule has 1 aliphatic rings. The molecule has 1 saturated heterocycles. The second-order valence-electron chi connectivity index (χ2n) is 5.20. The van der Waals surface area contributed by atoms with Gasteiger partial charge >= 0.3 is 0 Å². The van der Waals surface area contributed by atoms with Crippen molar-refractivity contribution in [3.8, 4) is 5.69 Å². The molecule has 1 fully saturated rings. The highest BCUT2D eigenvalue weighted by molar-refractivity contribution is 5.92. The smallest absolute Gasteiger partial charge is 0.227 e. The van der Waals surface area contributed by atoms with Crippen LogP contribution in [0, 0.1) is 17.7 Å². The SMILES string of the molecule is CC(C(=O)Nc1ccc(-n2cncn2)c(F)c1)C1CNC1. The molecule has 2 heterocycles. The maximum atomic E-state index is 14.1. The van der Waals surface area contributed by atoms with E-state index in [0.717, 1.165) is 13.1 Å². The van der Waals surface area contributed by atoms with Crippen molar-refractivity contribution in [2.75, 3.05) is 18.4 Å². The number of halogens is 1. The number of aromatic nitrogens is 3. The summed E-state index contributed by atoms with van der Waals surface area (Å²) in [4.78, 5) is 15.9. The Morgan fingerprint density at radius 2 is 2.33 bits per heavy atom. The van der Waals surface area contributed by atoms with Crippen molar-refractivity contribution in [3.63, 3.8) is 0 Å². The van der Waals surface area contributed by atoms with Crippen molar-refractivity contribution in [1.29, 1.82) is 0 Å². The van der Waals surface area contributed by atoms with Gasteiger partial charge in [0.15, 0.2) is 5.82 Å². The highest BCUT2D eigenvalue weighted by Gasteiger charge is 2.28. The summed E-state index contributed by atoms with van der Waals surface area (Å²) in [6, 6.07) is 4.51. The van der Waals surface area contributed by atoms with Crippen molar-refractivity contribution in [3.05, 3.63) is 36.7 Å². The van der Waals surface area contributed by atoms with E-state index in [4.69, 9.17) is 0 Å². The number of nitrogens with zero attached hydrogens (tertiary/aromatic N) is 3. The summed E-state index contributed by atoms with van der Waals surface area (Å²) >= 11 is 0. The zero-order valence-electron chi connectivity index (χ0n) is 11.6. The first-order chi connectivity index (χ1) is 10.1. The molecule has 1 atom stereocenters. The van der Waals surface area contributed by atoms with E-state index in [1.54, 1.807) is 12.1 Å². The van der Waals surface area contributed by atoms with Crippen LogP contribution in [0.3, 0.4) is 0 Å². The molecule has 2 aromatic rings. The number of carbonyl (C=O) groups is 1. The summed E-state index contributed by atoms with van der Waals surface area (Å²) in [6.45, 7) is 3.60. The van der Waals surface area contributed by atoms with Crippen LogP contribution in [0.4, 0.5) is 10.1 Å². The quantitative estimate of drug-likeness (QED) is 0.887. The molecule has 0 aliphatic carbocycles. The zero-order valence-corrected chi connectivity index (χ0v) is 11.6. The van der Waals surface area contributed by atoms with E-state index in [-0.39, 0.29) is 11.8 Å². The van der Waals surface area contributed by atoms with Crippen molar-refractivity contribution >= 4 is 11.6 Å². The lowest BCUT2D eigenvalue weighted by Gasteiger charge is -2.31. The first-order valence-electron chi connectivity index (χ1n) is 6.81. The second kappa shape index (κ2) is 5.61. The van der Waals surface area contributed by atoms with Crippen LogP contribution in [0.5, 0.6) is 0 Å². The van der Waals surface area contributed by atoms with Gasteiger partial charge in [-0.3, -0.25) is 4.79 Å². The summed E-state index contributed by atoms with van der Waals surface area (Å²) in [5.74, 6) is -0.292. The number of hydrogen-bond donors (Lipinski definition) is 2. The highest BCUT2D eigenvalue weighted by atomic mass is 19.1. The van der Waals surface area contributed by atoms with Crippen molar-refractivity contribution < 1.29 is 9.18 Å². The molecular weight excluding hydrogens is 273 g/mol. The van der Waals surface area contributed by atoms with E-state index < -0.39 is 5.82 Å². The van der Waals surface area contributed by atoms with E-state index in [1.165, 1.54) is 23.4 Å². The number of amides is 1. The van der Waals surface area contributed by atoms with E-state index >= 15 is 0 Å². The van der Waals surface area contributed by atoms with Crippen LogP contribution < -0.4 is 10.6 Å². The van der Waals surface area contributed by atoms with E-state index in [2.05, 4.69) is 20.7 Å². The molecule has 1 unspecified atom stereocenters. The third-order valence-electron chi connectivity index (χ3n) is 3.81. The monoisotopic (exact) mass is 289 g/mol. The van der Waals surface area contributed by atoms with Crippen LogP contribution in [0.15, 0.2) is 30.9 Å². The van der Waals surface area contributed by atoms with Gasteiger partial charge < -0.3 is 10.6 Å². The van der Waals surface area contributed by atoms with Gasteiger partial charge in [0, 0.05) is 11.6 Å². The molecule has 0 bridgehead atoms. The Morgan fingerprint density at radius 1 is 1.52 bits per heavy atom. The molecular formula is C14H16FN5O. The third kappa shape index (κ3) is 2.78. The van der Waals surface area contributed by atoms with Crippen LogP contribution in [0.2, 0.25) is 0 Å². The van der Waals surface area contributed by atoms with Gasteiger partial charge in [-0.2, -0.15) is 5.10 Å². The van der Waals surface area contributed by atoms with Gasteiger partial charge in [-0.25, -0.2) is 14.1 Å². The molecule has 1 aliphatic heterocycles. The maximum absolute atomic E-state index is 14.1. The Kier molecular flexibility index (Phi) is 3.66. The summed E-state index contributed by atoms with van der Waals surface area (Å²) in [5, 5.41) is 9.77. The first kappa shape index (κ1) is 13.7. The van der Waals surface area contributed by atoms with E-state index in [1.807, 2.05) is 6.92 Å². The molecule has 110 valence electrons. The molecule has 1 aromatic heterocycles. The molecule has 0 spiro atoms. The second-order valence-corrected chi connectivity index (χ2v) is 5.20. The predicted molar refractivity (Wildman–Crippen MR) is 75.5 cm³/mol. The van der Waals surface area contributed by atoms with Crippen molar-refractivity contribution in [2.45, 2.75) is 6.92 Å². The minimum absolute atomic E-state index is 0.0885. The fourth-order valence-corrected chi connectivity index (χ4v) is 2.24. The maximum Gasteiger partial charge on any atom is 0.227 e. The van der Waals surface area contributed by atoms with Gasteiger partial charge in [-0.1, -0.05) is 6.92 Å². The molecule has 3 rings (SSSR count). The Bertz CT molecular complexity index is 639. The number of rotatable bonds is 4. The van der Waals surface area contributed by atoms with E-state index in [0.29, 0.717) is 17.3 Å². The normalized spacial score (nSPS) is 16.3. The van der Waals surface area contributed by atoms with Crippen LogP contribution in [0.1, 0.15) is 6.92 Å². The Labute approximate surface area is 121 Å². The zero-order chi connectivity index (χ0) is 14.8. The molecule has 7 heteroatoms. The third-order valence-corrected chi connectivity index (χ3v) is 3.81. The van der Waals surface area contributed by atoms with E-state index in [9.17, 15) is 9.18 Å². The van der Waals surface area contributed by atoms with Gasteiger partial charge in [-0.15, -0.1) is 0 Å². The molecule has 2 N–H and O–H groups in total. The molecule has 0 saturated carbocycles. The molecule has 1 aromatic carbocycles. The number of carbonyl (C=O) groups excluding carboxylic acids is 1. The lowest BCUT2D eigenvalue weighted by atomic mass is 9.88. The van der Waals surface area contributed by atoms with Crippen LogP contribution >= 0.6 is 0 Å².